The predicted molar refractivity (Wildman–Crippen MR) is 93.9 cm³/mol. The number of ether oxygens (including phenoxy) is 2. The van der Waals surface area contributed by atoms with E-state index in [1.807, 2.05) is 11.8 Å². The highest BCUT2D eigenvalue weighted by molar-refractivity contribution is 7.99. The molecule has 2 aliphatic rings. The highest BCUT2D eigenvalue weighted by atomic mass is 32.2. The van der Waals surface area contributed by atoms with Gasteiger partial charge in [-0.1, -0.05) is 12.2 Å². The molecule has 4 nitrogen and oxygen atoms in total. The number of rotatable bonds is 12. The van der Waals surface area contributed by atoms with Crippen LogP contribution in [0.5, 0.6) is 0 Å². The Morgan fingerprint density at radius 2 is 2.04 bits per heavy atom. The van der Waals surface area contributed by atoms with E-state index >= 15 is 0 Å². The molecule has 0 unspecified atom stereocenters. The Kier molecular flexibility index (Phi) is 8.48. The van der Waals surface area contributed by atoms with Gasteiger partial charge in [0.25, 0.3) is 0 Å². The van der Waals surface area contributed by atoms with Gasteiger partial charge >= 0.3 is 5.97 Å². The van der Waals surface area contributed by atoms with Gasteiger partial charge in [0.1, 0.15) is 0 Å². The van der Waals surface area contributed by atoms with Gasteiger partial charge in [-0.2, -0.15) is 11.8 Å². The van der Waals surface area contributed by atoms with Crippen LogP contribution in [0.3, 0.4) is 0 Å². The lowest BCUT2D eigenvalue weighted by molar-refractivity contribution is -0.137. The Balaban J connectivity index is 1.68. The van der Waals surface area contributed by atoms with E-state index in [0.29, 0.717) is 24.0 Å². The molecule has 0 aromatic carbocycles. The summed E-state index contributed by atoms with van der Waals surface area (Å²) in [5.41, 5.74) is 0. The largest absolute Gasteiger partial charge is 0.481 e. The number of carboxylic acids is 1. The number of fused-ring (bicyclic) bond motifs is 2. The average Bonchev–Trinajstić information content (AvgIpc) is 3.12. The third kappa shape index (κ3) is 6.12. The third-order valence-corrected chi connectivity index (χ3v) is 6.07. The lowest BCUT2D eigenvalue weighted by Crippen LogP contribution is -2.28. The normalized spacial score (nSPS) is 29.6. The molecule has 5 heteroatoms. The molecule has 0 spiro atoms. The van der Waals surface area contributed by atoms with Gasteiger partial charge in [0, 0.05) is 20.1 Å². The third-order valence-electron chi connectivity index (χ3n) is 4.87. The number of carbonyl (C=O) groups is 1. The van der Waals surface area contributed by atoms with Gasteiger partial charge in [-0.15, -0.1) is 0 Å². The van der Waals surface area contributed by atoms with Crippen molar-refractivity contribution in [1.82, 2.24) is 0 Å². The van der Waals surface area contributed by atoms with Crippen LogP contribution < -0.4 is 0 Å². The Morgan fingerprint density at radius 3 is 2.78 bits per heavy atom. The Hall–Kier alpha value is -0.520. The second kappa shape index (κ2) is 10.4. The Bertz CT molecular complexity index is 385. The maximum absolute atomic E-state index is 10.5. The minimum atomic E-state index is -0.703. The molecule has 2 aliphatic heterocycles. The number of allylic oxidation sites excluding steroid dienone is 2. The van der Waals surface area contributed by atoms with Gasteiger partial charge in [-0.05, 0) is 61.9 Å². The topological polar surface area (TPSA) is 55.8 Å². The van der Waals surface area contributed by atoms with Crippen molar-refractivity contribution in [3.63, 3.8) is 0 Å². The molecule has 2 saturated heterocycles. The summed E-state index contributed by atoms with van der Waals surface area (Å²) in [6.45, 7) is 0.850. The number of thioether (sulfide) groups is 1. The molecule has 1 N–H and O–H groups in total. The predicted octanol–water partition coefficient (Wildman–Crippen LogP) is 3.75. The zero-order valence-corrected chi connectivity index (χ0v) is 14.9. The summed E-state index contributed by atoms with van der Waals surface area (Å²) in [5, 5.41) is 8.63. The second-order valence-corrected chi connectivity index (χ2v) is 7.68. The fourth-order valence-corrected chi connectivity index (χ4v) is 4.92. The van der Waals surface area contributed by atoms with Crippen LogP contribution in [-0.2, 0) is 14.3 Å². The smallest absolute Gasteiger partial charge is 0.303 e. The van der Waals surface area contributed by atoms with Crippen molar-refractivity contribution >= 4 is 17.7 Å². The molecule has 0 aromatic rings. The number of methoxy groups -OCH3 is 1. The monoisotopic (exact) mass is 342 g/mol. The van der Waals surface area contributed by atoms with Crippen molar-refractivity contribution in [2.75, 3.05) is 25.2 Å². The van der Waals surface area contributed by atoms with Gasteiger partial charge in [0.15, 0.2) is 0 Å². The van der Waals surface area contributed by atoms with E-state index in [2.05, 4.69) is 12.2 Å². The molecule has 23 heavy (non-hydrogen) atoms. The number of hydrogen-bond acceptors (Lipinski definition) is 4. The molecule has 0 aromatic heterocycles. The van der Waals surface area contributed by atoms with E-state index in [0.717, 1.165) is 32.3 Å². The standard InChI is InChI=1S/C18H30O4S/c1-21-11-6-12-23-13-15-14(16-9-10-17(15)22-16)7-4-2-3-5-8-18(19)20/h2,4,14-17H,3,5-13H2,1H3,(H,19,20)/b4-2-/t14-,15+,16-,17+/m1/s1. The van der Waals surface area contributed by atoms with Crippen LogP contribution in [0.4, 0.5) is 0 Å². The zero-order chi connectivity index (χ0) is 16.5. The fraction of sp³-hybridized carbons (Fsp3) is 0.833. The molecule has 0 saturated carbocycles. The first-order chi connectivity index (χ1) is 11.2. The SMILES string of the molecule is COCCCSC[C@H]1[C@@H](C/C=C\CCCC(=O)O)[C@H]2CC[C@@H]1O2. The lowest BCUT2D eigenvalue weighted by atomic mass is 9.78. The molecule has 2 bridgehead atoms. The molecule has 0 amide bonds. The van der Waals surface area contributed by atoms with Crippen molar-refractivity contribution in [3.05, 3.63) is 12.2 Å². The van der Waals surface area contributed by atoms with Crippen LogP contribution in [0.2, 0.25) is 0 Å². The molecular weight excluding hydrogens is 312 g/mol. The number of aliphatic carboxylic acids is 1. The van der Waals surface area contributed by atoms with Crippen molar-refractivity contribution in [3.8, 4) is 0 Å². The quantitative estimate of drug-likeness (QED) is 0.432. The summed E-state index contributed by atoms with van der Waals surface area (Å²) in [6, 6.07) is 0. The summed E-state index contributed by atoms with van der Waals surface area (Å²) >= 11 is 2.04. The summed E-state index contributed by atoms with van der Waals surface area (Å²) in [7, 11) is 1.76. The van der Waals surface area contributed by atoms with Crippen molar-refractivity contribution in [2.45, 2.75) is 57.2 Å². The zero-order valence-electron chi connectivity index (χ0n) is 14.1. The number of unbranched alkanes of at least 4 members (excludes halogenated alkanes) is 1. The Morgan fingerprint density at radius 1 is 1.26 bits per heavy atom. The van der Waals surface area contributed by atoms with Crippen LogP contribution in [0.15, 0.2) is 12.2 Å². The van der Waals surface area contributed by atoms with E-state index in [1.165, 1.54) is 24.3 Å². The first-order valence-corrected chi connectivity index (χ1v) is 9.96. The summed E-state index contributed by atoms with van der Waals surface area (Å²) in [4.78, 5) is 10.5. The Labute approximate surface area is 144 Å². The van der Waals surface area contributed by atoms with E-state index in [9.17, 15) is 4.79 Å². The first-order valence-electron chi connectivity index (χ1n) is 8.81. The van der Waals surface area contributed by atoms with Gasteiger partial charge < -0.3 is 14.6 Å². The van der Waals surface area contributed by atoms with Crippen molar-refractivity contribution in [2.24, 2.45) is 11.8 Å². The van der Waals surface area contributed by atoms with Crippen molar-refractivity contribution < 1.29 is 19.4 Å². The molecule has 2 rings (SSSR count). The highest BCUT2D eigenvalue weighted by Gasteiger charge is 2.47. The maximum Gasteiger partial charge on any atom is 0.303 e. The van der Waals surface area contributed by atoms with Crippen molar-refractivity contribution in [1.29, 1.82) is 0 Å². The van der Waals surface area contributed by atoms with Gasteiger partial charge in [-0.25, -0.2) is 0 Å². The second-order valence-electron chi connectivity index (χ2n) is 6.53. The van der Waals surface area contributed by atoms with Crippen LogP contribution >= 0.6 is 11.8 Å². The molecular formula is C18H30O4S. The molecule has 2 heterocycles. The van der Waals surface area contributed by atoms with E-state index in [-0.39, 0.29) is 6.42 Å². The molecule has 0 radical (unpaired) electrons. The van der Waals surface area contributed by atoms with Gasteiger partial charge in [-0.3, -0.25) is 4.79 Å². The lowest BCUT2D eigenvalue weighted by Gasteiger charge is -2.27. The summed E-state index contributed by atoms with van der Waals surface area (Å²) in [6.07, 6.45) is 11.8. The van der Waals surface area contributed by atoms with Crippen LogP contribution in [0, 0.1) is 11.8 Å². The summed E-state index contributed by atoms with van der Waals surface area (Å²) in [5.74, 6) is 3.00. The first kappa shape index (κ1) is 18.8. The molecule has 132 valence electrons. The number of hydrogen-bond donors (Lipinski definition) is 1. The van der Waals surface area contributed by atoms with Gasteiger partial charge in [0.2, 0.25) is 0 Å². The highest BCUT2D eigenvalue weighted by Crippen LogP contribution is 2.46. The van der Waals surface area contributed by atoms with Crippen LogP contribution in [0.25, 0.3) is 0 Å². The minimum Gasteiger partial charge on any atom is -0.481 e. The fourth-order valence-electron chi connectivity index (χ4n) is 3.70. The average molecular weight is 343 g/mol. The maximum atomic E-state index is 10.5. The van der Waals surface area contributed by atoms with Crippen LogP contribution in [-0.4, -0.2) is 48.5 Å². The minimum absolute atomic E-state index is 0.266. The molecule has 2 fully saturated rings. The molecule has 4 atom stereocenters. The molecule has 0 aliphatic carbocycles. The summed E-state index contributed by atoms with van der Waals surface area (Å²) < 4.78 is 11.2. The van der Waals surface area contributed by atoms with E-state index in [1.54, 1.807) is 7.11 Å². The van der Waals surface area contributed by atoms with Crippen LogP contribution in [0.1, 0.15) is 44.9 Å². The van der Waals surface area contributed by atoms with E-state index < -0.39 is 5.97 Å². The van der Waals surface area contributed by atoms with E-state index in [4.69, 9.17) is 14.6 Å². The number of carboxylic acid groups (broad SMARTS) is 1. The van der Waals surface area contributed by atoms with Gasteiger partial charge in [0.05, 0.1) is 12.2 Å².